The van der Waals surface area contributed by atoms with E-state index in [0.717, 1.165) is 13.1 Å². The minimum Gasteiger partial charge on any atom is -0.305 e. The Hall–Kier alpha value is -0.680. The summed E-state index contributed by atoms with van der Waals surface area (Å²) in [6.45, 7) is 6.69. The molecule has 0 saturated heterocycles. The Labute approximate surface area is 130 Å². The van der Waals surface area contributed by atoms with Crippen molar-refractivity contribution < 1.29 is 0 Å². The smallest absolute Gasteiger partial charge is 0.0764 e. The average molecular weight is 309 g/mol. The quantitative estimate of drug-likeness (QED) is 0.735. The van der Waals surface area contributed by atoms with Crippen molar-refractivity contribution >= 4 is 22.7 Å². The van der Waals surface area contributed by atoms with Gasteiger partial charge >= 0.3 is 0 Å². The van der Waals surface area contributed by atoms with Crippen molar-refractivity contribution in [3.05, 3.63) is 44.8 Å². The first-order chi connectivity index (χ1) is 9.68. The lowest BCUT2D eigenvalue weighted by Crippen LogP contribution is -2.30. The highest BCUT2D eigenvalue weighted by Gasteiger charge is 2.15. The maximum atomic E-state index is 3.71. The third-order valence-corrected chi connectivity index (χ3v) is 5.45. The molecule has 0 bridgehead atoms. The standard InChI is InChI=1S/C16H24N2S2/c1-13(2)18(3)10-6-9-17-16(14-7-4-11-19-14)15-8-5-12-20-15/h4-5,7-8,11-13,16-17H,6,9-10H2,1-3H3. The molecule has 2 heterocycles. The van der Waals surface area contributed by atoms with Gasteiger partial charge in [-0.15, -0.1) is 22.7 Å². The van der Waals surface area contributed by atoms with Gasteiger partial charge in [0.1, 0.15) is 0 Å². The van der Waals surface area contributed by atoms with E-state index in [-0.39, 0.29) is 0 Å². The van der Waals surface area contributed by atoms with Crippen molar-refractivity contribution in [2.45, 2.75) is 32.4 Å². The van der Waals surface area contributed by atoms with Crippen molar-refractivity contribution in [2.24, 2.45) is 0 Å². The van der Waals surface area contributed by atoms with Crippen LogP contribution in [0.4, 0.5) is 0 Å². The van der Waals surface area contributed by atoms with Crippen LogP contribution >= 0.6 is 22.7 Å². The Bertz CT molecular complexity index is 428. The minimum absolute atomic E-state index is 0.361. The predicted molar refractivity (Wildman–Crippen MR) is 90.9 cm³/mol. The van der Waals surface area contributed by atoms with Crippen molar-refractivity contribution in [1.82, 2.24) is 10.2 Å². The first-order valence-corrected chi connectivity index (χ1v) is 8.95. The summed E-state index contributed by atoms with van der Waals surface area (Å²) < 4.78 is 0. The molecule has 2 rings (SSSR count). The monoisotopic (exact) mass is 308 g/mol. The van der Waals surface area contributed by atoms with Crippen LogP contribution in [0.25, 0.3) is 0 Å². The third-order valence-electron chi connectivity index (χ3n) is 3.57. The van der Waals surface area contributed by atoms with Gasteiger partial charge in [-0.05, 0) is 63.3 Å². The van der Waals surface area contributed by atoms with Gasteiger partial charge in [-0.3, -0.25) is 0 Å². The molecule has 2 aromatic heterocycles. The Morgan fingerprint density at radius 1 is 1.10 bits per heavy atom. The zero-order valence-electron chi connectivity index (χ0n) is 12.5. The summed E-state index contributed by atoms with van der Waals surface area (Å²) in [5, 5.41) is 8.03. The molecule has 0 aliphatic carbocycles. The highest BCUT2D eigenvalue weighted by molar-refractivity contribution is 7.11. The number of nitrogens with zero attached hydrogens (tertiary/aromatic N) is 1. The van der Waals surface area contributed by atoms with E-state index in [0.29, 0.717) is 12.1 Å². The van der Waals surface area contributed by atoms with E-state index in [1.807, 2.05) is 22.7 Å². The molecule has 4 heteroatoms. The van der Waals surface area contributed by atoms with Gasteiger partial charge in [0, 0.05) is 15.8 Å². The SMILES string of the molecule is CC(C)N(C)CCCNC(c1cccs1)c1cccs1. The van der Waals surface area contributed by atoms with Crippen LogP contribution in [-0.2, 0) is 0 Å². The molecule has 0 atom stereocenters. The fourth-order valence-corrected chi connectivity index (χ4v) is 3.80. The van der Waals surface area contributed by atoms with Crippen LogP contribution in [0.5, 0.6) is 0 Å². The largest absolute Gasteiger partial charge is 0.305 e. The Morgan fingerprint density at radius 3 is 2.15 bits per heavy atom. The van der Waals surface area contributed by atoms with Gasteiger partial charge < -0.3 is 10.2 Å². The van der Waals surface area contributed by atoms with Gasteiger partial charge in [-0.25, -0.2) is 0 Å². The van der Waals surface area contributed by atoms with Gasteiger partial charge in [0.2, 0.25) is 0 Å². The van der Waals surface area contributed by atoms with Crippen LogP contribution in [0.3, 0.4) is 0 Å². The maximum Gasteiger partial charge on any atom is 0.0764 e. The lowest BCUT2D eigenvalue weighted by Gasteiger charge is -2.22. The minimum atomic E-state index is 0.361. The molecule has 0 unspecified atom stereocenters. The van der Waals surface area contributed by atoms with Crippen LogP contribution < -0.4 is 5.32 Å². The van der Waals surface area contributed by atoms with Gasteiger partial charge in [-0.1, -0.05) is 12.1 Å². The molecule has 2 nitrogen and oxygen atoms in total. The van der Waals surface area contributed by atoms with E-state index in [1.54, 1.807) is 0 Å². The summed E-state index contributed by atoms with van der Waals surface area (Å²) in [5.74, 6) is 0. The third kappa shape index (κ3) is 4.42. The Kier molecular flexibility index (Phi) is 6.23. The lowest BCUT2D eigenvalue weighted by molar-refractivity contribution is 0.268. The first kappa shape index (κ1) is 15.7. The molecule has 2 aromatic rings. The molecule has 0 radical (unpaired) electrons. The fourth-order valence-electron chi connectivity index (χ4n) is 2.09. The lowest BCUT2D eigenvalue weighted by atomic mass is 10.2. The molecule has 1 N–H and O–H groups in total. The second kappa shape index (κ2) is 7.93. The summed E-state index contributed by atoms with van der Waals surface area (Å²) >= 11 is 3.66. The van der Waals surface area contributed by atoms with Gasteiger partial charge in [-0.2, -0.15) is 0 Å². The summed E-state index contributed by atoms with van der Waals surface area (Å²) in [5.41, 5.74) is 0. The molecule has 0 spiro atoms. The van der Waals surface area contributed by atoms with Crippen molar-refractivity contribution in [3.8, 4) is 0 Å². The number of thiophene rings is 2. The maximum absolute atomic E-state index is 3.71. The molecule has 0 saturated carbocycles. The number of nitrogens with one attached hydrogen (secondary N) is 1. The molecule has 0 amide bonds. The average Bonchev–Trinajstić information content (AvgIpc) is 3.11. The zero-order chi connectivity index (χ0) is 14.4. The van der Waals surface area contributed by atoms with E-state index in [4.69, 9.17) is 0 Å². The van der Waals surface area contributed by atoms with Crippen LogP contribution in [0.2, 0.25) is 0 Å². The van der Waals surface area contributed by atoms with Crippen LogP contribution in [0.1, 0.15) is 36.1 Å². The summed E-state index contributed by atoms with van der Waals surface area (Å²) in [4.78, 5) is 5.21. The van der Waals surface area contributed by atoms with Gasteiger partial charge in [0.15, 0.2) is 0 Å². The molecule has 0 aromatic carbocycles. The number of hydrogen-bond acceptors (Lipinski definition) is 4. The summed E-state index contributed by atoms with van der Waals surface area (Å²) in [6, 6.07) is 9.70. The van der Waals surface area contributed by atoms with E-state index < -0.39 is 0 Å². The predicted octanol–water partition coefficient (Wildman–Crippen LogP) is 4.22. The zero-order valence-corrected chi connectivity index (χ0v) is 14.1. The second-order valence-electron chi connectivity index (χ2n) is 5.35. The fraction of sp³-hybridized carbons (Fsp3) is 0.500. The van der Waals surface area contributed by atoms with E-state index in [2.05, 4.69) is 66.1 Å². The molecule has 0 fully saturated rings. The van der Waals surface area contributed by atoms with Crippen LogP contribution in [0.15, 0.2) is 35.0 Å². The van der Waals surface area contributed by atoms with Crippen molar-refractivity contribution in [1.29, 1.82) is 0 Å². The summed E-state index contributed by atoms with van der Waals surface area (Å²) in [6.07, 6.45) is 1.18. The number of rotatable bonds is 8. The van der Waals surface area contributed by atoms with E-state index in [1.165, 1.54) is 16.2 Å². The topological polar surface area (TPSA) is 15.3 Å². The Balaban J connectivity index is 1.87. The molecule has 20 heavy (non-hydrogen) atoms. The second-order valence-corrected chi connectivity index (χ2v) is 7.30. The highest BCUT2D eigenvalue weighted by atomic mass is 32.1. The normalized spacial score (nSPS) is 11.9. The van der Waals surface area contributed by atoms with E-state index >= 15 is 0 Å². The molecular formula is C16H24N2S2. The highest BCUT2D eigenvalue weighted by Crippen LogP contribution is 2.28. The molecule has 0 aliphatic heterocycles. The molecule has 0 aliphatic rings. The van der Waals surface area contributed by atoms with E-state index in [9.17, 15) is 0 Å². The molecule has 110 valence electrons. The van der Waals surface area contributed by atoms with Crippen molar-refractivity contribution in [2.75, 3.05) is 20.1 Å². The summed E-state index contributed by atoms with van der Waals surface area (Å²) in [7, 11) is 2.20. The van der Waals surface area contributed by atoms with Crippen molar-refractivity contribution in [3.63, 3.8) is 0 Å². The van der Waals surface area contributed by atoms with Crippen LogP contribution in [0, 0.1) is 0 Å². The van der Waals surface area contributed by atoms with Crippen LogP contribution in [-0.4, -0.2) is 31.1 Å². The molecular weight excluding hydrogens is 284 g/mol. The van der Waals surface area contributed by atoms with Gasteiger partial charge in [0.05, 0.1) is 6.04 Å². The van der Waals surface area contributed by atoms with Gasteiger partial charge in [0.25, 0.3) is 0 Å². The first-order valence-electron chi connectivity index (χ1n) is 7.19. The number of hydrogen-bond donors (Lipinski definition) is 1. The Morgan fingerprint density at radius 2 is 1.70 bits per heavy atom.